The van der Waals surface area contributed by atoms with Gasteiger partial charge in [-0.15, -0.1) is 0 Å². The van der Waals surface area contributed by atoms with Crippen molar-refractivity contribution in [3.63, 3.8) is 0 Å². The van der Waals surface area contributed by atoms with Crippen LogP contribution < -0.4 is 0 Å². The molecule has 0 heteroatoms. The maximum atomic E-state index is 3.74. The maximum Gasteiger partial charge on any atom is -0.0251 e. The lowest BCUT2D eigenvalue weighted by atomic mass is 10.1. The number of hydrogen-bond acceptors (Lipinski definition) is 0. The van der Waals surface area contributed by atoms with E-state index in [9.17, 15) is 0 Å². The summed E-state index contributed by atoms with van der Waals surface area (Å²) in [6.07, 6.45) is 10.3. The molecule has 0 unspecified atom stereocenters. The van der Waals surface area contributed by atoms with E-state index in [1.54, 1.807) is 0 Å². The smallest absolute Gasteiger partial charge is 0.0251 e. The molecule has 1 rings (SSSR count). The molecule has 0 saturated carbocycles. The topological polar surface area (TPSA) is 0 Å². The number of hydrogen-bond donors (Lipinski definition) is 0. The minimum atomic E-state index is 1.18. The van der Waals surface area contributed by atoms with E-state index in [2.05, 4.69) is 69.9 Å². The Morgan fingerprint density at radius 3 is 2.06 bits per heavy atom. The van der Waals surface area contributed by atoms with Crippen LogP contribution in [0.3, 0.4) is 0 Å². The van der Waals surface area contributed by atoms with E-state index in [1.165, 1.54) is 27.8 Å². The Hall–Kier alpha value is -1.82. The van der Waals surface area contributed by atoms with Crippen LogP contribution >= 0.6 is 0 Å². The van der Waals surface area contributed by atoms with Crippen LogP contribution in [0.15, 0.2) is 60.2 Å². The van der Waals surface area contributed by atoms with E-state index < -0.39 is 0 Å². The van der Waals surface area contributed by atoms with Crippen LogP contribution in [-0.2, 0) is 0 Å². The van der Waals surface area contributed by atoms with Crippen molar-refractivity contribution in [2.24, 2.45) is 0 Å². The molecule has 94 valence electrons. The molecule has 0 bridgehead atoms. The van der Waals surface area contributed by atoms with Gasteiger partial charge in [0.15, 0.2) is 0 Å². The highest BCUT2D eigenvalue weighted by Crippen LogP contribution is 2.11. The van der Waals surface area contributed by atoms with Crippen molar-refractivity contribution in [1.29, 1.82) is 0 Å². The Morgan fingerprint density at radius 1 is 0.944 bits per heavy atom. The average molecular weight is 238 g/mol. The van der Waals surface area contributed by atoms with Gasteiger partial charge < -0.3 is 0 Å². The fourth-order valence-electron chi connectivity index (χ4n) is 1.72. The number of aryl methyl sites for hydroxylation is 2. The summed E-state index contributed by atoms with van der Waals surface area (Å²) in [6, 6.07) is 6.58. The van der Waals surface area contributed by atoms with Crippen molar-refractivity contribution in [2.75, 3.05) is 0 Å². The normalized spacial score (nSPS) is 13.1. The molecule has 0 nitrogen and oxygen atoms in total. The van der Waals surface area contributed by atoms with Crippen molar-refractivity contribution in [3.8, 4) is 0 Å². The fraction of sp³-hybridized carbons (Fsp3) is 0.222. The standard InChI is InChI=1S/C18H22/c1-6-14(2)7-8-15(3)9-10-18-12-16(4)11-17(5)13-18/h6-13H,1H2,2-5H3/b10-9+,14-7-,15-8+. The minimum Gasteiger partial charge on any atom is -0.0988 e. The van der Waals surface area contributed by atoms with E-state index in [0.717, 1.165) is 0 Å². The molecule has 0 saturated heterocycles. The first-order chi connectivity index (χ1) is 8.51. The average Bonchev–Trinajstić information content (AvgIpc) is 2.32. The summed E-state index contributed by atoms with van der Waals surface area (Å²) in [5.41, 5.74) is 6.27. The second-order valence-corrected chi connectivity index (χ2v) is 4.78. The molecule has 0 aromatic heterocycles. The van der Waals surface area contributed by atoms with E-state index in [1.807, 2.05) is 13.0 Å². The molecular formula is C18H22. The molecule has 0 spiro atoms. The predicted molar refractivity (Wildman–Crippen MR) is 82.7 cm³/mol. The Morgan fingerprint density at radius 2 is 1.50 bits per heavy atom. The molecule has 0 aliphatic carbocycles. The number of benzene rings is 1. The van der Waals surface area contributed by atoms with Gasteiger partial charge in [-0.1, -0.05) is 77.4 Å². The second kappa shape index (κ2) is 6.80. The first-order valence-electron chi connectivity index (χ1n) is 6.25. The van der Waals surface area contributed by atoms with Crippen LogP contribution in [0.2, 0.25) is 0 Å². The van der Waals surface area contributed by atoms with Gasteiger partial charge in [0.2, 0.25) is 0 Å². The minimum absolute atomic E-state index is 1.18. The number of rotatable bonds is 4. The van der Waals surface area contributed by atoms with E-state index >= 15 is 0 Å². The van der Waals surface area contributed by atoms with Crippen molar-refractivity contribution in [2.45, 2.75) is 27.7 Å². The van der Waals surface area contributed by atoms with Crippen molar-refractivity contribution < 1.29 is 0 Å². The summed E-state index contributed by atoms with van der Waals surface area (Å²) in [5, 5.41) is 0. The Bertz CT molecular complexity index is 491. The Labute approximate surface area is 111 Å². The van der Waals surface area contributed by atoms with E-state index in [4.69, 9.17) is 0 Å². The summed E-state index contributed by atoms with van der Waals surface area (Å²) in [4.78, 5) is 0. The largest absolute Gasteiger partial charge is 0.0988 e. The zero-order valence-electron chi connectivity index (χ0n) is 11.8. The third kappa shape index (κ3) is 5.01. The SMILES string of the molecule is C=C\C(C)=C/C=C(C)/C=C/c1cc(C)cc(C)c1. The zero-order chi connectivity index (χ0) is 13.5. The highest BCUT2D eigenvalue weighted by molar-refractivity contribution is 5.55. The van der Waals surface area contributed by atoms with Crippen LogP contribution in [0.25, 0.3) is 6.08 Å². The lowest BCUT2D eigenvalue weighted by molar-refractivity contribution is 1.37. The zero-order valence-corrected chi connectivity index (χ0v) is 11.8. The van der Waals surface area contributed by atoms with Gasteiger partial charge in [0, 0.05) is 0 Å². The van der Waals surface area contributed by atoms with E-state index in [-0.39, 0.29) is 0 Å². The van der Waals surface area contributed by atoms with Crippen LogP contribution in [0.1, 0.15) is 30.5 Å². The van der Waals surface area contributed by atoms with Gasteiger partial charge in [0.05, 0.1) is 0 Å². The third-order valence-corrected chi connectivity index (χ3v) is 2.71. The van der Waals surface area contributed by atoms with Gasteiger partial charge in [0.25, 0.3) is 0 Å². The molecule has 0 aliphatic rings. The van der Waals surface area contributed by atoms with Crippen LogP contribution in [0.5, 0.6) is 0 Å². The van der Waals surface area contributed by atoms with Crippen molar-refractivity contribution in [1.82, 2.24) is 0 Å². The molecular weight excluding hydrogens is 216 g/mol. The predicted octanol–water partition coefficient (Wildman–Crippen LogP) is 5.40. The summed E-state index contributed by atoms with van der Waals surface area (Å²) in [6.45, 7) is 12.1. The first kappa shape index (κ1) is 14.2. The second-order valence-electron chi connectivity index (χ2n) is 4.78. The maximum absolute atomic E-state index is 3.74. The summed E-state index contributed by atoms with van der Waals surface area (Å²) >= 11 is 0. The molecule has 0 amide bonds. The fourth-order valence-corrected chi connectivity index (χ4v) is 1.72. The van der Waals surface area contributed by atoms with Gasteiger partial charge >= 0.3 is 0 Å². The molecule has 0 fully saturated rings. The van der Waals surface area contributed by atoms with Crippen molar-refractivity contribution >= 4 is 6.08 Å². The third-order valence-electron chi connectivity index (χ3n) is 2.71. The van der Waals surface area contributed by atoms with Crippen LogP contribution in [0.4, 0.5) is 0 Å². The lowest BCUT2D eigenvalue weighted by Gasteiger charge is -2.00. The molecule has 0 radical (unpaired) electrons. The van der Waals surface area contributed by atoms with Gasteiger partial charge in [-0.2, -0.15) is 0 Å². The molecule has 0 aliphatic heterocycles. The van der Waals surface area contributed by atoms with Gasteiger partial charge in [-0.05, 0) is 33.3 Å². The lowest BCUT2D eigenvalue weighted by Crippen LogP contribution is -1.80. The molecule has 18 heavy (non-hydrogen) atoms. The highest BCUT2D eigenvalue weighted by atomic mass is 14.0. The quantitative estimate of drug-likeness (QED) is 0.616. The molecule has 0 atom stereocenters. The Kier molecular flexibility index (Phi) is 5.38. The highest BCUT2D eigenvalue weighted by Gasteiger charge is 1.91. The van der Waals surface area contributed by atoms with Crippen LogP contribution in [-0.4, -0.2) is 0 Å². The summed E-state index contributed by atoms with van der Waals surface area (Å²) in [5.74, 6) is 0. The van der Waals surface area contributed by atoms with Gasteiger partial charge in [-0.3, -0.25) is 0 Å². The van der Waals surface area contributed by atoms with E-state index in [0.29, 0.717) is 0 Å². The van der Waals surface area contributed by atoms with Crippen LogP contribution in [0, 0.1) is 13.8 Å². The Balaban J connectivity index is 2.83. The number of allylic oxidation sites excluding steroid dienone is 6. The summed E-state index contributed by atoms with van der Waals surface area (Å²) in [7, 11) is 0. The molecule has 1 aromatic carbocycles. The first-order valence-corrected chi connectivity index (χ1v) is 6.25. The van der Waals surface area contributed by atoms with Gasteiger partial charge in [-0.25, -0.2) is 0 Å². The molecule has 0 heterocycles. The molecule has 1 aromatic rings. The van der Waals surface area contributed by atoms with Crippen molar-refractivity contribution in [3.05, 3.63) is 76.9 Å². The van der Waals surface area contributed by atoms with Gasteiger partial charge in [0.1, 0.15) is 0 Å². The monoisotopic (exact) mass is 238 g/mol. The summed E-state index contributed by atoms with van der Waals surface area (Å²) < 4.78 is 0. The molecule has 0 N–H and O–H groups in total.